The number of aromatic nitrogens is 2. The molecule has 1 aromatic carbocycles. The molecule has 1 unspecified atom stereocenters. The summed E-state index contributed by atoms with van der Waals surface area (Å²) >= 11 is 0. The molecule has 0 aliphatic rings. The van der Waals surface area contributed by atoms with Crippen LogP contribution in [0, 0.1) is 0 Å². The molecule has 0 bridgehead atoms. The Labute approximate surface area is 106 Å². The SMILES string of the molecule is COc1ccc(OCC(O)Cn2ccnc2)cc1. The van der Waals surface area contributed by atoms with Crippen LogP contribution in [0.15, 0.2) is 43.0 Å². The van der Waals surface area contributed by atoms with Crippen molar-refractivity contribution in [2.45, 2.75) is 12.6 Å². The highest BCUT2D eigenvalue weighted by Crippen LogP contribution is 2.17. The Balaban J connectivity index is 1.79. The van der Waals surface area contributed by atoms with E-state index in [1.54, 1.807) is 25.8 Å². The normalized spacial score (nSPS) is 12.1. The van der Waals surface area contributed by atoms with Gasteiger partial charge in [0.05, 0.1) is 20.0 Å². The van der Waals surface area contributed by atoms with Crippen molar-refractivity contribution in [3.63, 3.8) is 0 Å². The van der Waals surface area contributed by atoms with Crippen molar-refractivity contribution < 1.29 is 14.6 Å². The molecule has 0 aliphatic carbocycles. The molecule has 1 atom stereocenters. The standard InChI is InChI=1S/C13H16N2O3/c1-17-12-2-4-13(5-3-12)18-9-11(16)8-15-7-6-14-10-15/h2-7,10-11,16H,8-9H2,1H3. The fourth-order valence-corrected chi connectivity index (χ4v) is 1.56. The molecule has 0 fully saturated rings. The van der Waals surface area contributed by atoms with Gasteiger partial charge in [0.2, 0.25) is 0 Å². The Kier molecular flexibility index (Phi) is 4.20. The van der Waals surface area contributed by atoms with E-state index in [1.165, 1.54) is 0 Å². The van der Waals surface area contributed by atoms with E-state index in [0.29, 0.717) is 12.3 Å². The molecular formula is C13H16N2O3. The largest absolute Gasteiger partial charge is 0.497 e. The Morgan fingerprint density at radius 3 is 2.61 bits per heavy atom. The topological polar surface area (TPSA) is 56.5 Å². The zero-order valence-electron chi connectivity index (χ0n) is 10.2. The van der Waals surface area contributed by atoms with Crippen LogP contribution in [0.1, 0.15) is 0 Å². The lowest BCUT2D eigenvalue weighted by atomic mass is 10.3. The Morgan fingerprint density at radius 1 is 1.28 bits per heavy atom. The second-order valence-corrected chi connectivity index (χ2v) is 3.90. The Morgan fingerprint density at radius 2 is 2.00 bits per heavy atom. The summed E-state index contributed by atoms with van der Waals surface area (Å²) in [5.41, 5.74) is 0. The Bertz CT molecular complexity index is 454. The third kappa shape index (κ3) is 3.49. The number of imidazole rings is 1. The first-order chi connectivity index (χ1) is 8.78. The van der Waals surface area contributed by atoms with Gasteiger partial charge in [0, 0.05) is 12.4 Å². The Hall–Kier alpha value is -2.01. The molecule has 18 heavy (non-hydrogen) atoms. The number of aliphatic hydroxyl groups is 1. The molecule has 0 saturated heterocycles. The number of ether oxygens (including phenoxy) is 2. The van der Waals surface area contributed by atoms with E-state index in [9.17, 15) is 5.11 Å². The highest BCUT2D eigenvalue weighted by Gasteiger charge is 2.06. The highest BCUT2D eigenvalue weighted by molar-refractivity contribution is 5.31. The summed E-state index contributed by atoms with van der Waals surface area (Å²) in [6.45, 7) is 0.709. The van der Waals surface area contributed by atoms with Crippen LogP contribution in [-0.4, -0.2) is 34.5 Å². The fraction of sp³-hybridized carbons (Fsp3) is 0.308. The summed E-state index contributed by atoms with van der Waals surface area (Å²) in [4.78, 5) is 3.91. The lowest BCUT2D eigenvalue weighted by molar-refractivity contribution is 0.0924. The summed E-state index contributed by atoms with van der Waals surface area (Å²) in [5.74, 6) is 1.49. The molecule has 5 heteroatoms. The van der Waals surface area contributed by atoms with E-state index in [1.807, 2.05) is 28.8 Å². The van der Waals surface area contributed by atoms with Gasteiger partial charge in [-0.2, -0.15) is 0 Å². The van der Waals surface area contributed by atoms with Crippen molar-refractivity contribution in [3.8, 4) is 11.5 Å². The lowest BCUT2D eigenvalue weighted by Crippen LogP contribution is -2.22. The van der Waals surface area contributed by atoms with Gasteiger partial charge in [-0.1, -0.05) is 0 Å². The average Bonchev–Trinajstić information content (AvgIpc) is 2.90. The molecule has 1 heterocycles. The number of rotatable bonds is 6. The predicted octanol–water partition coefficient (Wildman–Crippen LogP) is 1.33. The highest BCUT2D eigenvalue weighted by atomic mass is 16.5. The van der Waals surface area contributed by atoms with Crippen LogP contribution in [0.25, 0.3) is 0 Å². The van der Waals surface area contributed by atoms with Crippen molar-refractivity contribution in [1.82, 2.24) is 9.55 Å². The van der Waals surface area contributed by atoms with Gasteiger partial charge in [-0.05, 0) is 24.3 Å². The fourth-order valence-electron chi connectivity index (χ4n) is 1.56. The number of benzene rings is 1. The summed E-state index contributed by atoms with van der Waals surface area (Å²) in [7, 11) is 1.62. The third-order valence-electron chi connectivity index (χ3n) is 2.48. The van der Waals surface area contributed by atoms with Gasteiger partial charge >= 0.3 is 0 Å². The van der Waals surface area contributed by atoms with Gasteiger partial charge < -0.3 is 19.1 Å². The molecule has 1 N–H and O–H groups in total. The summed E-state index contributed by atoms with van der Waals surface area (Å²) < 4.78 is 12.3. The molecule has 0 radical (unpaired) electrons. The monoisotopic (exact) mass is 248 g/mol. The van der Waals surface area contributed by atoms with Crippen LogP contribution in [0.4, 0.5) is 0 Å². The first-order valence-corrected chi connectivity index (χ1v) is 5.68. The van der Waals surface area contributed by atoms with Gasteiger partial charge in [0.1, 0.15) is 24.2 Å². The minimum atomic E-state index is -0.568. The van der Waals surface area contributed by atoms with Gasteiger partial charge in [-0.25, -0.2) is 4.98 Å². The first-order valence-electron chi connectivity index (χ1n) is 5.68. The van der Waals surface area contributed by atoms with Crippen molar-refractivity contribution in [2.24, 2.45) is 0 Å². The lowest BCUT2D eigenvalue weighted by Gasteiger charge is -2.13. The average molecular weight is 248 g/mol. The maximum absolute atomic E-state index is 9.78. The van der Waals surface area contributed by atoms with Crippen molar-refractivity contribution in [1.29, 1.82) is 0 Å². The smallest absolute Gasteiger partial charge is 0.119 e. The first kappa shape index (κ1) is 12.4. The number of methoxy groups -OCH3 is 1. The summed E-state index contributed by atoms with van der Waals surface area (Å²) in [6.07, 6.45) is 4.57. The van der Waals surface area contributed by atoms with Crippen LogP contribution in [-0.2, 0) is 6.54 Å². The minimum absolute atomic E-state index is 0.241. The quantitative estimate of drug-likeness (QED) is 0.838. The molecule has 96 valence electrons. The molecule has 0 aliphatic heterocycles. The van der Waals surface area contributed by atoms with E-state index in [-0.39, 0.29) is 6.61 Å². The van der Waals surface area contributed by atoms with E-state index in [0.717, 1.165) is 5.75 Å². The predicted molar refractivity (Wildman–Crippen MR) is 66.7 cm³/mol. The van der Waals surface area contributed by atoms with E-state index < -0.39 is 6.10 Å². The summed E-state index contributed by atoms with van der Waals surface area (Å²) in [5, 5.41) is 9.78. The van der Waals surface area contributed by atoms with E-state index in [2.05, 4.69) is 4.98 Å². The zero-order valence-corrected chi connectivity index (χ0v) is 10.2. The van der Waals surface area contributed by atoms with Crippen LogP contribution >= 0.6 is 0 Å². The van der Waals surface area contributed by atoms with E-state index in [4.69, 9.17) is 9.47 Å². The van der Waals surface area contributed by atoms with Crippen LogP contribution < -0.4 is 9.47 Å². The summed E-state index contributed by atoms with van der Waals surface area (Å²) in [6, 6.07) is 7.25. The molecule has 0 spiro atoms. The number of nitrogens with zero attached hydrogens (tertiary/aromatic N) is 2. The van der Waals surface area contributed by atoms with E-state index >= 15 is 0 Å². The number of aliphatic hydroxyl groups excluding tert-OH is 1. The van der Waals surface area contributed by atoms with Crippen molar-refractivity contribution in [3.05, 3.63) is 43.0 Å². The minimum Gasteiger partial charge on any atom is -0.497 e. The van der Waals surface area contributed by atoms with Crippen molar-refractivity contribution in [2.75, 3.05) is 13.7 Å². The molecule has 2 aromatic rings. The zero-order chi connectivity index (χ0) is 12.8. The maximum Gasteiger partial charge on any atom is 0.119 e. The maximum atomic E-state index is 9.78. The third-order valence-corrected chi connectivity index (χ3v) is 2.48. The molecule has 0 amide bonds. The van der Waals surface area contributed by atoms with Gasteiger partial charge in [-0.3, -0.25) is 0 Å². The molecule has 2 rings (SSSR count). The molecule has 0 saturated carbocycles. The second kappa shape index (κ2) is 6.07. The van der Waals surface area contributed by atoms with Crippen LogP contribution in [0.3, 0.4) is 0 Å². The number of hydrogen-bond donors (Lipinski definition) is 1. The van der Waals surface area contributed by atoms with Crippen LogP contribution in [0.5, 0.6) is 11.5 Å². The number of hydrogen-bond acceptors (Lipinski definition) is 4. The van der Waals surface area contributed by atoms with Gasteiger partial charge in [0.15, 0.2) is 0 Å². The van der Waals surface area contributed by atoms with Gasteiger partial charge in [-0.15, -0.1) is 0 Å². The van der Waals surface area contributed by atoms with Crippen molar-refractivity contribution >= 4 is 0 Å². The second-order valence-electron chi connectivity index (χ2n) is 3.90. The van der Waals surface area contributed by atoms with Crippen LogP contribution in [0.2, 0.25) is 0 Å². The van der Waals surface area contributed by atoms with Gasteiger partial charge in [0.25, 0.3) is 0 Å². The molecular weight excluding hydrogens is 232 g/mol. The molecule has 1 aromatic heterocycles. The molecule has 5 nitrogen and oxygen atoms in total.